The van der Waals surface area contributed by atoms with Gasteiger partial charge in [-0.1, -0.05) is 48.5 Å². The van der Waals surface area contributed by atoms with Crippen LogP contribution in [0, 0.1) is 0 Å². The number of ketones is 1. The van der Waals surface area contributed by atoms with Gasteiger partial charge in [-0.3, -0.25) is 14.6 Å². The average Bonchev–Trinajstić information content (AvgIpc) is 3.39. The van der Waals surface area contributed by atoms with Crippen LogP contribution in [0.25, 0.3) is 16.5 Å². The molecule has 1 aromatic heterocycles. The number of aliphatic hydroxyl groups is 1. The fraction of sp³-hybridized carbons (Fsp3) is 0.167. The van der Waals surface area contributed by atoms with E-state index in [1.807, 2.05) is 67.6 Å². The molecule has 2 aliphatic heterocycles. The number of hydrogen-bond acceptors (Lipinski definition) is 5. The Morgan fingerprint density at radius 2 is 1.89 bits per heavy atom. The van der Waals surface area contributed by atoms with Crippen LogP contribution in [0.5, 0.6) is 5.75 Å². The lowest BCUT2D eigenvalue weighted by Crippen LogP contribution is -2.29. The Hall–Kier alpha value is -4.45. The SMILES string of the molecule is CC1Cc2cc(/C(O)=C3/C(=O)C(=O)N(Cc4cccnc4)C3c3cccc4ccccc34)ccc2O1. The Morgan fingerprint density at radius 1 is 1.06 bits per heavy atom. The van der Waals surface area contributed by atoms with E-state index in [9.17, 15) is 14.7 Å². The van der Waals surface area contributed by atoms with Crippen LogP contribution in [0.15, 0.2) is 90.8 Å². The smallest absolute Gasteiger partial charge is 0.295 e. The zero-order chi connectivity index (χ0) is 24.8. The van der Waals surface area contributed by atoms with Crippen molar-refractivity contribution in [2.75, 3.05) is 0 Å². The van der Waals surface area contributed by atoms with Gasteiger partial charge in [0.15, 0.2) is 0 Å². The fourth-order valence-electron chi connectivity index (χ4n) is 5.27. The molecule has 3 heterocycles. The molecule has 1 N–H and O–H groups in total. The third-order valence-corrected chi connectivity index (χ3v) is 6.90. The number of Topliss-reactive ketones (excluding diaryl/α,β-unsaturated/α-hetero) is 1. The van der Waals surface area contributed by atoms with Crippen molar-refractivity contribution in [3.63, 3.8) is 0 Å². The number of benzene rings is 3. The predicted molar refractivity (Wildman–Crippen MR) is 136 cm³/mol. The summed E-state index contributed by atoms with van der Waals surface area (Å²) in [5.41, 5.74) is 3.14. The van der Waals surface area contributed by atoms with E-state index in [0.29, 0.717) is 5.56 Å². The number of ether oxygens (including phenoxy) is 1. The van der Waals surface area contributed by atoms with Crippen LogP contribution >= 0.6 is 0 Å². The van der Waals surface area contributed by atoms with Crippen molar-refractivity contribution >= 4 is 28.2 Å². The van der Waals surface area contributed by atoms with Gasteiger partial charge in [-0.05, 0) is 58.7 Å². The van der Waals surface area contributed by atoms with Crippen molar-refractivity contribution in [3.05, 3.63) is 113 Å². The van der Waals surface area contributed by atoms with Crippen LogP contribution in [0.2, 0.25) is 0 Å². The Bertz CT molecular complexity index is 1540. The first-order valence-electron chi connectivity index (χ1n) is 12.0. The van der Waals surface area contributed by atoms with Crippen LogP contribution in [0.3, 0.4) is 0 Å². The van der Waals surface area contributed by atoms with Gasteiger partial charge >= 0.3 is 0 Å². The highest BCUT2D eigenvalue weighted by molar-refractivity contribution is 6.46. The molecule has 178 valence electrons. The van der Waals surface area contributed by atoms with Gasteiger partial charge in [0.25, 0.3) is 11.7 Å². The van der Waals surface area contributed by atoms with E-state index < -0.39 is 17.7 Å². The average molecular weight is 477 g/mol. The van der Waals surface area contributed by atoms with Gasteiger partial charge in [0.1, 0.15) is 17.6 Å². The van der Waals surface area contributed by atoms with Crippen molar-refractivity contribution in [1.82, 2.24) is 9.88 Å². The first kappa shape index (κ1) is 22.0. The molecule has 4 aromatic rings. The van der Waals surface area contributed by atoms with E-state index in [1.165, 1.54) is 4.90 Å². The maximum atomic E-state index is 13.5. The van der Waals surface area contributed by atoms with Crippen LogP contribution in [0.1, 0.15) is 35.2 Å². The zero-order valence-corrected chi connectivity index (χ0v) is 19.7. The Balaban J connectivity index is 1.54. The maximum Gasteiger partial charge on any atom is 0.295 e. The number of aromatic nitrogens is 1. The van der Waals surface area contributed by atoms with Crippen LogP contribution in [0.4, 0.5) is 0 Å². The normalized spacial score (nSPS) is 20.5. The number of nitrogens with zero attached hydrogens (tertiary/aromatic N) is 2. The number of amides is 1. The molecule has 0 aliphatic carbocycles. The topological polar surface area (TPSA) is 79.7 Å². The van der Waals surface area contributed by atoms with Crippen molar-refractivity contribution in [2.24, 2.45) is 0 Å². The Morgan fingerprint density at radius 3 is 2.72 bits per heavy atom. The summed E-state index contributed by atoms with van der Waals surface area (Å²) in [5.74, 6) is -0.736. The maximum absolute atomic E-state index is 13.5. The second kappa shape index (κ2) is 8.64. The molecule has 1 fully saturated rings. The molecule has 0 radical (unpaired) electrons. The number of pyridine rings is 1. The highest BCUT2D eigenvalue weighted by Gasteiger charge is 2.46. The van der Waals surface area contributed by atoms with Gasteiger partial charge in [0.2, 0.25) is 0 Å². The molecule has 36 heavy (non-hydrogen) atoms. The predicted octanol–water partition coefficient (Wildman–Crippen LogP) is 5.18. The number of aliphatic hydroxyl groups excluding tert-OH is 1. The summed E-state index contributed by atoms with van der Waals surface area (Å²) >= 11 is 0. The van der Waals surface area contributed by atoms with E-state index in [0.717, 1.165) is 39.6 Å². The van der Waals surface area contributed by atoms with E-state index in [-0.39, 0.29) is 24.0 Å². The lowest BCUT2D eigenvalue weighted by Gasteiger charge is -2.26. The Labute approximate surface area is 208 Å². The summed E-state index contributed by atoms with van der Waals surface area (Å²) < 4.78 is 5.79. The van der Waals surface area contributed by atoms with Gasteiger partial charge in [-0.2, -0.15) is 0 Å². The number of likely N-dealkylation sites (tertiary alicyclic amines) is 1. The molecular formula is C30H24N2O4. The fourth-order valence-corrected chi connectivity index (χ4v) is 5.27. The van der Waals surface area contributed by atoms with E-state index in [2.05, 4.69) is 4.98 Å². The summed E-state index contributed by atoms with van der Waals surface area (Å²) in [4.78, 5) is 32.6. The molecule has 1 saturated heterocycles. The molecule has 6 rings (SSSR count). The van der Waals surface area contributed by atoms with Crippen molar-refractivity contribution in [3.8, 4) is 5.75 Å². The molecule has 0 bridgehead atoms. The van der Waals surface area contributed by atoms with E-state index in [1.54, 1.807) is 24.5 Å². The molecule has 2 unspecified atom stereocenters. The number of carbonyl (C=O) groups excluding carboxylic acids is 2. The number of carbonyl (C=O) groups is 2. The van der Waals surface area contributed by atoms with Crippen molar-refractivity contribution in [2.45, 2.75) is 32.0 Å². The lowest BCUT2D eigenvalue weighted by atomic mass is 9.91. The summed E-state index contributed by atoms with van der Waals surface area (Å²) in [6.07, 6.45) is 4.12. The second-order valence-corrected chi connectivity index (χ2v) is 9.31. The Kier molecular flexibility index (Phi) is 5.29. The molecule has 6 heteroatoms. The molecule has 6 nitrogen and oxygen atoms in total. The number of hydrogen-bond donors (Lipinski definition) is 1. The van der Waals surface area contributed by atoms with Crippen LogP contribution < -0.4 is 4.74 Å². The largest absolute Gasteiger partial charge is 0.507 e. The third kappa shape index (κ3) is 3.62. The van der Waals surface area contributed by atoms with Crippen molar-refractivity contribution in [1.29, 1.82) is 0 Å². The lowest BCUT2D eigenvalue weighted by molar-refractivity contribution is -0.140. The second-order valence-electron chi connectivity index (χ2n) is 9.31. The standard InChI is InChI=1S/C30H24N2O4/c1-18-14-22-15-21(11-12-25(22)36-18)28(33)26-27(24-10-4-8-20-7-2-3-9-23(20)24)32(30(35)29(26)34)17-19-6-5-13-31-16-19/h2-13,15-16,18,27,33H,14,17H2,1H3/b28-26-. The van der Waals surface area contributed by atoms with Gasteiger partial charge in [-0.15, -0.1) is 0 Å². The number of fused-ring (bicyclic) bond motifs is 2. The minimum atomic E-state index is -0.750. The first-order valence-corrected chi connectivity index (χ1v) is 12.0. The molecule has 0 spiro atoms. The highest BCUT2D eigenvalue weighted by atomic mass is 16.5. The van der Waals surface area contributed by atoms with E-state index >= 15 is 0 Å². The monoisotopic (exact) mass is 476 g/mol. The quantitative estimate of drug-likeness (QED) is 0.249. The van der Waals surface area contributed by atoms with Gasteiger partial charge < -0.3 is 14.7 Å². The number of rotatable bonds is 4. The molecule has 0 saturated carbocycles. The third-order valence-electron chi connectivity index (χ3n) is 6.90. The van der Waals surface area contributed by atoms with Gasteiger partial charge in [-0.25, -0.2) is 0 Å². The molecular weight excluding hydrogens is 452 g/mol. The molecule has 3 aromatic carbocycles. The minimum Gasteiger partial charge on any atom is -0.507 e. The summed E-state index contributed by atoms with van der Waals surface area (Å²) in [6.45, 7) is 2.18. The van der Waals surface area contributed by atoms with Crippen LogP contribution in [-0.2, 0) is 22.6 Å². The van der Waals surface area contributed by atoms with Gasteiger partial charge in [0, 0.05) is 30.9 Å². The highest BCUT2D eigenvalue weighted by Crippen LogP contribution is 2.43. The minimum absolute atomic E-state index is 0.0538. The summed E-state index contributed by atoms with van der Waals surface area (Å²) in [7, 11) is 0. The van der Waals surface area contributed by atoms with Crippen molar-refractivity contribution < 1.29 is 19.4 Å². The molecule has 1 amide bonds. The summed E-state index contributed by atoms with van der Waals surface area (Å²) in [5, 5.41) is 13.4. The summed E-state index contributed by atoms with van der Waals surface area (Å²) in [6, 6.07) is 22.0. The zero-order valence-electron chi connectivity index (χ0n) is 19.7. The van der Waals surface area contributed by atoms with Crippen LogP contribution in [-0.4, -0.2) is 32.8 Å². The first-order chi connectivity index (χ1) is 17.5. The van der Waals surface area contributed by atoms with E-state index in [4.69, 9.17) is 4.74 Å². The molecule has 2 atom stereocenters. The molecule has 2 aliphatic rings. The van der Waals surface area contributed by atoms with Gasteiger partial charge in [0.05, 0.1) is 11.6 Å².